The van der Waals surface area contributed by atoms with Gasteiger partial charge >= 0.3 is 5.97 Å². The van der Waals surface area contributed by atoms with Gasteiger partial charge in [0.25, 0.3) is 11.8 Å². The summed E-state index contributed by atoms with van der Waals surface area (Å²) >= 11 is 1.32. The van der Waals surface area contributed by atoms with Gasteiger partial charge in [-0.1, -0.05) is 0 Å². The van der Waals surface area contributed by atoms with Crippen LogP contribution in [0.4, 0.5) is 9.39 Å². The molecule has 1 aliphatic carbocycles. The second-order valence-corrected chi connectivity index (χ2v) is 7.81. The Labute approximate surface area is 171 Å². The molecule has 1 aromatic heterocycles. The van der Waals surface area contributed by atoms with Crippen LogP contribution < -0.4 is 15.8 Å². The molecule has 2 aromatic rings. The average Bonchev–Trinajstić information content (AvgIpc) is 3.23. The number of aryl methyl sites for hydroxylation is 1. The molecular formula is C20H21FN2O5S. The van der Waals surface area contributed by atoms with E-state index in [0.717, 1.165) is 29.7 Å². The molecule has 29 heavy (non-hydrogen) atoms. The van der Waals surface area contributed by atoms with E-state index in [1.54, 1.807) is 0 Å². The van der Waals surface area contributed by atoms with Crippen molar-refractivity contribution in [2.24, 2.45) is 5.73 Å². The zero-order chi connectivity index (χ0) is 21.1. The summed E-state index contributed by atoms with van der Waals surface area (Å²) in [6.07, 6.45) is 0.444. The van der Waals surface area contributed by atoms with Crippen LogP contribution in [0.15, 0.2) is 24.3 Å². The number of thiophene rings is 1. The molecule has 1 aliphatic rings. The molecule has 2 atom stereocenters. The van der Waals surface area contributed by atoms with Crippen LogP contribution in [-0.4, -0.2) is 30.0 Å². The predicted octanol–water partition coefficient (Wildman–Crippen LogP) is 2.81. The van der Waals surface area contributed by atoms with Crippen LogP contribution in [0.2, 0.25) is 0 Å². The van der Waals surface area contributed by atoms with Gasteiger partial charge in [0.2, 0.25) is 0 Å². The second-order valence-electron chi connectivity index (χ2n) is 6.71. The number of nitrogens with one attached hydrogen (secondary N) is 1. The number of hydrogen-bond acceptors (Lipinski definition) is 6. The first-order chi connectivity index (χ1) is 13.8. The predicted molar refractivity (Wildman–Crippen MR) is 106 cm³/mol. The Kier molecular flexibility index (Phi) is 6.17. The minimum absolute atomic E-state index is 0.298. The number of amides is 2. The van der Waals surface area contributed by atoms with Gasteiger partial charge in [-0.15, -0.1) is 11.3 Å². The molecule has 0 unspecified atom stereocenters. The number of carbonyl (C=O) groups excluding carboxylic acids is 3. The minimum atomic E-state index is -1.11. The molecule has 3 N–H and O–H groups in total. The van der Waals surface area contributed by atoms with E-state index >= 15 is 0 Å². The summed E-state index contributed by atoms with van der Waals surface area (Å²) in [7, 11) is 0. The summed E-state index contributed by atoms with van der Waals surface area (Å²) in [6, 6.07) is 5.18. The number of benzene rings is 1. The molecule has 0 bridgehead atoms. The Bertz CT molecular complexity index is 941. The molecule has 1 heterocycles. The third kappa shape index (κ3) is 4.73. The van der Waals surface area contributed by atoms with Gasteiger partial charge in [0.15, 0.2) is 12.2 Å². The SMILES string of the molecule is C[C@H](OC(=O)[C@@H](C)Oc1ccc(F)cc1)C(=O)Nc1sc2c(c1C(N)=O)CCC2. The van der Waals surface area contributed by atoms with Gasteiger partial charge < -0.3 is 20.5 Å². The van der Waals surface area contributed by atoms with Crippen LogP contribution in [0, 0.1) is 5.82 Å². The number of fused-ring (bicyclic) bond motifs is 1. The van der Waals surface area contributed by atoms with Crippen LogP contribution in [0.1, 0.15) is 41.1 Å². The van der Waals surface area contributed by atoms with Crippen molar-refractivity contribution in [2.45, 2.75) is 45.3 Å². The summed E-state index contributed by atoms with van der Waals surface area (Å²) in [6.45, 7) is 2.88. The van der Waals surface area contributed by atoms with Gasteiger partial charge in [-0.05, 0) is 62.9 Å². The summed E-state index contributed by atoms with van der Waals surface area (Å²) in [5.74, 6) is -2.04. The van der Waals surface area contributed by atoms with Crippen molar-refractivity contribution < 1.29 is 28.2 Å². The Morgan fingerprint density at radius 3 is 2.48 bits per heavy atom. The highest BCUT2D eigenvalue weighted by Crippen LogP contribution is 2.38. The Morgan fingerprint density at radius 1 is 1.14 bits per heavy atom. The molecule has 154 valence electrons. The fraction of sp³-hybridized carbons (Fsp3) is 0.350. The largest absolute Gasteiger partial charge is 0.479 e. The van der Waals surface area contributed by atoms with Crippen LogP contribution in [0.5, 0.6) is 5.75 Å². The van der Waals surface area contributed by atoms with Crippen molar-refractivity contribution in [3.8, 4) is 5.75 Å². The maximum atomic E-state index is 12.9. The van der Waals surface area contributed by atoms with Crippen LogP contribution >= 0.6 is 11.3 Å². The summed E-state index contributed by atoms with van der Waals surface area (Å²) in [5.41, 5.74) is 6.71. The molecule has 0 saturated carbocycles. The summed E-state index contributed by atoms with van der Waals surface area (Å²) in [4.78, 5) is 37.5. The highest BCUT2D eigenvalue weighted by molar-refractivity contribution is 7.17. The first kappa shape index (κ1) is 20.8. The fourth-order valence-electron chi connectivity index (χ4n) is 3.06. The van der Waals surface area contributed by atoms with E-state index in [2.05, 4.69) is 5.32 Å². The van der Waals surface area contributed by atoms with E-state index in [9.17, 15) is 18.8 Å². The van der Waals surface area contributed by atoms with E-state index < -0.39 is 35.8 Å². The number of carbonyl (C=O) groups is 3. The Morgan fingerprint density at radius 2 is 1.83 bits per heavy atom. The number of halogens is 1. The van der Waals surface area contributed by atoms with E-state index in [0.29, 0.717) is 16.3 Å². The van der Waals surface area contributed by atoms with Gasteiger partial charge in [-0.3, -0.25) is 9.59 Å². The monoisotopic (exact) mass is 420 g/mol. The van der Waals surface area contributed by atoms with Crippen molar-refractivity contribution in [2.75, 3.05) is 5.32 Å². The first-order valence-corrected chi connectivity index (χ1v) is 9.95. The van der Waals surface area contributed by atoms with Crippen LogP contribution in [-0.2, 0) is 27.2 Å². The van der Waals surface area contributed by atoms with Gasteiger partial charge in [-0.2, -0.15) is 0 Å². The standard InChI is InChI=1S/C20H21FN2O5S/c1-10(28-20(26)11(2)27-13-8-6-12(21)7-9-13)18(25)23-19-16(17(22)24)14-4-3-5-15(14)29-19/h6-11H,3-5H2,1-2H3,(H2,22,24)(H,23,25)/t10-,11+/m0/s1. The van der Waals surface area contributed by atoms with Crippen molar-refractivity contribution in [3.05, 3.63) is 46.1 Å². The molecule has 1 aromatic carbocycles. The van der Waals surface area contributed by atoms with E-state index in [1.165, 1.54) is 49.4 Å². The van der Waals surface area contributed by atoms with Gasteiger partial charge in [-0.25, -0.2) is 9.18 Å². The summed E-state index contributed by atoms with van der Waals surface area (Å²) < 4.78 is 23.5. The number of nitrogens with two attached hydrogens (primary N) is 1. The van der Waals surface area contributed by atoms with Crippen molar-refractivity contribution in [1.82, 2.24) is 0 Å². The maximum Gasteiger partial charge on any atom is 0.347 e. The van der Waals surface area contributed by atoms with Crippen molar-refractivity contribution in [3.63, 3.8) is 0 Å². The molecule has 0 spiro atoms. The molecule has 2 amide bonds. The van der Waals surface area contributed by atoms with Crippen LogP contribution in [0.3, 0.4) is 0 Å². The van der Waals surface area contributed by atoms with Crippen molar-refractivity contribution >= 4 is 34.1 Å². The minimum Gasteiger partial charge on any atom is -0.479 e. The zero-order valence-electron chi connectivity index (χ0n) is 16.0. The van der Waals surface area contributed by atoms with Crippen LogP contribution in [0.25, 0.3) is 0 Å². The molecule has 7 nitrogen and oxygen atoms in total. The van der Waals surface area contributed by atoms with E-state index in [1.807, 2.05) is 0 Å². The van der Waals surface area contributed by atoms with Gasteiger partial charge in [0, 0.05) is 4.88 Å². The molecule has 0 aliphatic heterocycles. The lowest BCUT2D eigenvalue weighted by atomic mass is 10.1. The smallest absolute Gasteiger partial charge is 0.347 e. The normalized spacial score (nSPS) is 14.6. The molecule has 0 saturated heterocycles. The van der Waals surface area contributed by atoms with Gasteiger partial charge in [0.05, 0.1) is 5.56 Å². The molecule has 0 fully saturated rings. The Balaban J connectivity index is 1.60. The second kappa shape index (κ2) is 8.60. The van der Waals surface area contributed by atoms with Crippen molar-refractivity contribution in [1.29, 1.82) is 0 Å². The summed E-state index contributed by atoms with van der Waals surface area (Å²) in [5, 5.41) is 3.02. The molecule has 3 rings (SSSR count). The lowest BCUT2D eigenvalue weighted by Gasteiger charge is -2.17. The average molecular weight is 420 g/mol. The van der Waals surface area contributed by atoms with E-state index in [-0.39, 0.29) is 0 Å². The first-order valence-electron chi connectivity index (χ1n) is 9.14. The number of anilines is 1. The number of hydrogen-bond donors (Lipinski definition) is 2. The molecule has 9 heteroatoms. The number of rotatable bonds is 7. The molecular weight excluding hydrogens is 399 g/mol. The zero-order valence-corrected chi connectivity index (χ0v) is 16.8. The number of esters is 1. The fourth-order valence-corrected chi connectivity index (χ4v) is 4.35. The van der Waals surface area contributed by atoms with E-state index in [4.69, 9.17) is 15.2 Å². The topological polar surface area (TPSA) is 108 Å². The highest BCUT2D eigenvalue weighted by atomic mass is 32.1. The van der Waals surface area contributed by atoms with Gasteiger partial charge in [0.1, 0.15) is 16.6 Å². The third-order valence-corrected chi connectivity index (χ3v) is 5.73. The highest BCUT2D eigenvalue weighted by Gasteiger charge is 2.28. The third-order valence-electron chi connectivity index (χ3n) is 4.53. The lowest BCUT2D eigenvalue weighted by molar-refractivity contribution is -0.159. The maximum absolute atomic E-state index is 12.9. The number of primary amides is 1. The Hall–Kier alpha value is -2.94. The quantitative estimate of drug-likeness (QED) is 0.670. The molecule has 0 radical (unpaired) electrons. The lowest BCUT2D eigenvalue weighted by Crippen LogP contribution is -2.35. The number of ether oxygens (including phenoxy) is 2.